The average Bonchev–Trinajstić information content (AvgIpc) is 3.29. The van der Waals surface area contributed by atoms with Crippen LogP contribution in [0.25, 0.3) is 0 Å². The maximum absolute atomic E-state index is 14.9. The van der Waals surface area contributed by atoms with Gasteiger partial charge >= 0.3 is 0 Å². The molecule has 1 atom stereocenters. The van der Waals surface area contributed by atoms with E-state index in [0.717, 1.165) is 12.5 Å². The number of rotatable bonds is 8. The maximum atomic E-state index is 14.9. The summed E-state index contributed by atoms with van der Waals surface area (Å²) in [5.41, 5.74) is 1.10. The van der Waals surface area contributed by atoms with E-state index < -0.39 is 31.7 Å². The number of hydrogen-bond acceptors (Lipinski definition) is 7. The zero-order valence-corrected chi connectivity index (χ0v) is 23.1. The van der Waals surface area contributed by atoms with E-state index in [0.29, 0.717) is 16.3 Å². The largest absolute Gasteiger partial charge is 0.367 e. The summed E-state index contributed by atoms with van der Waals surface area (Å²) in [6, 6.07) is 14.8. The minimum absolute atomic E-state index is 0.0721. The molecule has 0 unspecified atom stereocenters. The average molecular weight is 599 g/mol. The van der Waals surface area contributed by atoms with E-state index in [-0.39, 0.29) is 40.3 Å². The fourth-order valence-electron chi connectivity index (χ4n) is 3.70. The third kappa shape index (κ3) is 6.87. The second kappa shape index (κ2) is 11.4. The van der Waals surface area contributed by atoms with Crippen LogP contribution >= 0.6 is 23.2 Å². The molecule has 1 N–H and O–H groups in total. The molecule has 0 amide bonds. The van der Waals surface area contributed by atoms with Crippen molar-refractivity contribution in [1.82, 2.24) is 10.3 Å². The van der Waals surface area contributed by atoms with Crippen LogP contribution in [-0.2, 0) is 19.9 Å². The number of benzene rings is 2. The first-order valence-electron chi connectivity index (χ1n) is 11.2. The summed E-state index contributed by atoms with van der Waals surface area (Å²) in [6.07, 6.45) is 2.20. The lowest BCUT2D eigenvalue weighted by Gasteiger charge is -2.24. The third-order valence-corrected chi connectivity index (χ3v) is 8.20. The molecule has 14 heteroatoms. The highest BCUT2D eigenvalue weighted by atomic mass is 35.5. The van der Waals surface area contributed by atoms with E-state index in [1.807, 2.05) is 0 Å². The lowest BCUT2D eigenvalue weighted by molar-refractivity contribution is 0.579. The molecule has 0 fully saturated rings. The smallest absolute Gasteiger partial charge is 0.285 e. The van der Waals surface area contributed by atoms with Crippen molar-refractivity contribution in [2.75, 3.05) is 23.6 Å². The molecule has 38 heavy (non-hydrogen) atoms. The van der Waals surface area contributed by atoms with E-state index in [2.05, 4.69) is 19.8 Å². The molecule has 0 bridgehead atoms. The summed E-state index contributed by atoms with van der Waals surface area (Å²) in [5.74, 6) is -0.905. The SMILES string of the molecule is CS(=O)(=O)CCN/C(=N\S(=O)(=O)c1ccc(Cl)nc1)C1=NN(c2ccc(Cl)cc2)[C@@H](c2ccccc2F)C1. The summed E-state index contributed by atoms with van der Waals surface area (Å²) in [5, 5.41) is 9.53. The number of hydrogen-bond donors (Lipinski definition) is 1. The zero-order chi connectivity index (χ0) is 27.5. The van der Waals surface area contributed by atoms with E-state index in [1.165, 1.54) is 18.2 Å². The number of nitrogens with zero attached hydrogens (tertiary/aromatic N) is 4. The minimum Gasteiger partial charge on any atom is -0.367 e. The van der Waals surface area contributed by atoms with Crippen LogP contribution in [0.5, 0.6) is 0 Å². The third-order valence-electron chi connectivity index (χ3n) is 5.51. The first-order chi connectivity index (χ1) is 17.9. The highest BCUT2D eigenvalue weighted by Crippen LogP contribution is 2.37. The van der Waals surface area contributed by atoms with Crippen molar-refractivity contribution in [3.05, 3.63) is 88.4 Å². The molecule has 0 aliphatic carbocycles. The fraction of sp³-hybridized carbons (Fsp3) is 0.208. The van der Waals surface area contributed by atoms with Gasteiger partial charge in [-0.25, -0.2) is 17.8 Å². The summed E-state index contributed by atoms with van der Waals surface area (Å²) in [6.45, 7) is -0.129. The zero-order valence-electron chi connectivity index (χ0n) is 19.9. The highest BCUT2D eigenvalue weighted by Gasteiger charge is 2.34. The predicted molar refractivity (Wildman–Crippen MR) is 147 cm³/mol. The Morgan fingerprint density at radius 1 is 1.08 bits per heavy atom. The first kappa shape index (κ1) is 28.0. The standard InChI is InChI=1S/C24H22Cl2FN5O4S2/c1-37(33,34)13-12-28-24(31-38(35,36)18-10-11-23(26)29-15-18)21-14-22(19-4-2-3-5-20(19)27)32(30-21)17-8-6-16(25)7-9-17/h2-11,15,22H,12-14H2,1H3,(H,28,31)/t22-/m1/s1. The van der Waals surface area contributed by atoms with Crippen molar-refractivity contribution in [1.29, 1.82) is 0 Å². The molecule has 9 nitrogen and oxygen atoms in total. The van der Waals surface area contributed by atoms with E-state index in [9.17, 15) is 21.2 Å². The van der Waals surface area contributed by atoms with Crippen LogP contribution in [0.15, 0.2) is 81.3 Å². The summed E-state index contributed by atoms with van der Waals surface area (Å²) in [4.78, 5) is 3.57. The van der Waals surface area contributed by atoms with Gasteiger partial charge in [-0.05, 0) is 42.5 Å². The van der Waals surface area contributed by atoms with Gasteiger partial charge in [-0.3, -0.25) is 5.01 Å². The molecular weight excluding hydrogens is 576 g/mol. The molecule has 0 saturated heterocycles. The van der Waals surface area contributed by atoms with Crippen LogP contribution in [0.1, 0.15) is 18.0 Å². The van der Waals surface area contributed by atoms with Gasteiger partial charge in [0.05, 0.1) is 17.5 Å². The van der Waals surface area contributed by atoms with Crippen LogP contribution in [0.2, 0.25) is 10.2 Å². The molecule has 2 aromatic carbocycles. The Morgan fingerprint density at radius 2 is 1.79 bits per heavy atom. The number of sulfone groups is 1. The number of pyridine rings is 1. The highest BCUT2D eigenvalue weighted by molar-refractivity contribution is 7.90. The van der Waals surface area contributed by atoms with Crippen molar-refractivity contribution >= 4 is 60.3 Å². The molecule has 0 saturated carbocycles. The van der Waals surface area contributed by atoms with Gasteiger partial charge in [0.25, 0.3) is 10.0 Å². The number of sulfonamides is 1. The van der Waals surface area contributed by atoms with Gasteiger partial charge in [0.1, 0.15) is 31.4 Å². The summed E-state index contributed by atoms with van der Waals surface area (Å²) < 4.78 is 68.4. The molecule has 1 aromatic heterocycles. The maximum Gasteiger partial charge on any atom is 0.285 e. The summed E-state index contributed by atoms with van der Waals surface area (Å²) >= 11 is 11.8. The van der Waals surface area contributed by atoms with E-state index >= 15 is 0 Å². The molecule has 0 spiro atoms. The van der Waals surface area contributed by atoms with Crippen molar-refractivity contribution < 1.29 is 21.2 Å². The lowest BCUT2D eigenvalue weighted by atomic mass is 10.0. The molecule has 1 aliphatic heterocycles. The van der Waals surface area contributed by atoms with Gasteiger partial charge in [0.15, 0.2) is 5.84 Å². The van der Waals surface area contributed by atoms with Gasteiger partial charge in [-0.2, -0.15) is 13.5 Å². The van der Waals surface area contributed by atoms with Gasteiger partial charge in [0, 0.05) is 36.0 Å². The van der Waals surface area contributed by atoms with Crippen molar-refractivity contribution in [3.8, 4) is 0 Å². The first-order valence-corrected chi connectivity index (χ1v) is 15.4. The topological polar surface area (TPSA) is 121 Å². The monoisotopic (exact) mass is 597 g/mol. The van der Waals surface area contributed by atoms with Crippen molar-refractivity contribution in [2.45, 2.75) is 17.4 Å². The Labute approximate surface area is 230 Å². The Hall–Kier alpha value is -3.06. The van der Waals surface area contributed by atoms with Crippen LogP contribution in [0.4, 0.5) is 10.1 Å². The Balaban J connectivity index is 1.79. The quantitative estimate of drug-likeness (QED) is 0.234. The Bertz CT molecular complexity index is 1600. The molecule has 200 valence electrons. The van der Waals surface area contributed by atoms with Crippen LogP contribution in [0, 0.1) is 5.82 Å². The summed E-state index contributed by atoms with van der Waals surface area (Å²) in [7, 11) is -7.66. The van der Waals surface area contributed by atoms with Gasteiger partial charge in [-0.15, -0.1) is 4.40 Å². The minimum atomic E-state index is -4.29. The number of amidine groups is 1. The van der Waals surface area contributed by atoms with E-state index in [1.54, 1.807) is 47.5 Å². The molecule has 0 radical (unpaired) electrons. The van der Waals surface area contributed by atoms with Gasteiger partial charge < -0.3 is 5.32 Å². The molecule has 2 heterocycles. The second-order valence-corrected chi connectivity index (χ2v) is 13.1. The van der Waals surface area contributed by atoms with Gasteiger partial charge in [-0.1, -0.05) is 41.4 Å². The van der Waals surface area contributed by atoms with Crippen molar-refractivity contribution in [3.63, 3.8) is 0 Å². The number of aromatic nitrogens is 1. The van der Waals surface area contributed by atoms with Crippen molar-refractivity contribution in [2.24, 2.45) is 9.50 Å². The van der Waals surface area contributed by atoms with Crippen LogP contribution in [-0.4, -0.2) is 51.9 Å². The normalized spacial score (nSPS) is 16.4. The Morgan fingerprint density at radius 3 is 2.42 bits per heavy atom. The molecule has 4 rings (SSSR count). The molecule has 3 aromatic rings. The van der Waals surface area contributed by atoms with Crippen LogP contribution < -0.4 is 10.3 Å². The molecule has 1 aliphatic rings. The Kier molecular flexibility index (Phi) is 8.36. The van der Waals surface area contributed by atoms with E-state index in [4.69, 9.17) is 23.2 Å². The lowest BCUT2D eigenvalue weighted by Crippen LogP contribution is -2.35. The van der Waals surface area contributed by atoms with Crippen LogP contribution in [0.3, 0.4) is 0 Å². The number of nitrogens with one attached hydrogen (secondary N) is 1. The number of anilines is 1. The number of hydrazone groups is 1. The molecular formula is C24H22Cl2FN5O4S2. The van der Waals surface area contributed by atoms with Gasteiger partial charge in [0.2, 0.25) is 0 Å². The number of halogens is 3. The second-order valence-electron chi connectivity index (χ2n) is 8.40. The predicted octanol–water partition coefficient (Wildman–Crippen LogP) is 4.26. The fourth-order valence-corrected chi connectivity index (χ4v) is 5.35.